The molecule has 1 amide bonds. The van der Waals surface area contributed by atoms with Crippen LogP contribution in [0.1, 0.15) is 30.1 Å². The van der Waals surface area contributed by atoms with E-state index in [-0.39, 0.29) is 4.90 Å². The zero-order valence-corrected chi connectivity index (χ0v) is 20.5. The lowest BCUT2D eigenvalue weighted by Crippen LogP contribution is -2.38. The molecule has 0 atom stereocenters. The fraction of sp³-hybridized carbons (Fsp3) is 0.231. The molecule has 0 aliphatic carbocycles. The lowest BCUT2D eigenvalue weighted by atomic mass is 10.2. The van der Waals surface area contributed by atoms with Gasteiger partial charge in [-0.1, -0.05) is 31.5 Å². The van der Waals surface area contributed by atoms with Crippen molar-refractivity contribution in [3.63, 3.8) is 0 Å². The largest absolute Gasteiger partial charge is 0.497 e. The average molecular weight is 497 g/mol. The van der Waals surface area contributed by atoms with Gasteiger partial charge >= 0.3 is 5.97 Å². The van der Waals surface area contributed by atoms with E-state index in [0.29, 0.717) is 29.3 Å². The molecule has 35 heavy (non-hydrogen) atoms. The van der Waals surface area contributed by atoms with E-state index in [2.05, 4.69) is 5.32 Å². The van der Waals surface area contributed by atoms with Crippen molar-refractivity contribution in [1.82, 2.24) is 0 Å². The summed E-state index contributed by atoms with van der Waals surface area (Å²) in [5.74, 6) is -0.452. The zero-order chi connectivity index (χ0) is 25.3. The number of hydrogen-bond donors (Lipinski definition) is 1. The second-order valence-corrected chi connectivity index (χ2v) is 9.50. The van der Waals surface area contributed by atoms with Crippen LogP contribution >= 0.6 is 0 Å². The maximum absolute atomic E-state index is 13.4. The number of para-hydroxylation sites is 1. The number of unbranched alkanes of at least 4 members (excludes halogenated alkanes) is 1. The second kappa shape index (κ2) is 12.0. The molecule has 8 nitrogen and oxygen atoms in total. The van der Waals surface area contributed by atoms with Crippen LogP contribution in [-0.4, -0.2) is 40.6 Å². The summed E-state index contributed by atoms with van der Waals surface area (Å²) < 4.78 is 38.1. The van der Waals surface area contributed by atoms with E-state index in [1.54, 1.807) is 66.7 Å². The number of sulfonamides is 1. The van der Waals surface area contributed by atoms with Crippen molar-refractivity contribution in [1.29, 1.82) is 0 Å². The van der Waals surface area contributed by atoms with Gasteiger partial charge in [0, 0.05) is 5.69 Å². The van der Waals surface area contributed by atoms with Gasteiger partial charge in [-0.15, -0.1) is 0 Å². The first-order valence-corrected chi connectivity index (χ1v) is 12.6. The van der Waals surface area contributed by atoms with E-state index in [0.717, 1.165) is 17.1 Å². The predicted molar refractivity (Wildman–Crippen MR) is 134 cm³/mol. The van der Waals surface area contributed by atoms with E-state index in [1.807, 2.05) is 6.92 Å². The van der Waals surface area contributed by atoms with Crippen molar-refractivity contribution in [3.05, 3.63) is 84.4 Å². The number of rotatable bonds is 11. The summed E-state index contributed by atoms with van der Waals surface area (Å²) in [6.45, 7) is 1.91. The molecule has 0 radical (unpaired) electrons. The molecule has 3 rings (SSSR count). The standard InChI is InChI=1S/C26H28N2O6S/c1-3-4-18-34-26(30)20-10-12-21(13-11-20)27-25(29)19-28(22-8-6-5-7-9-22)35(31,32)24-16-14-23(33-2)15-17-24/h5-17H,3-4,18-19H2,1-2H3,(H,27,29). The van der Waals surface area contributed by atoms with Gasteiger partial charge in [0.15, 0.2) is 0 Å². The van der Waals surface area contributed by atoms with Crippen LogP contribution in [0, 0.1) is 0 Å². The van der Waals surface area contributed by atoms with Crippen LogP contribution in [0.2, 0.25) is 0 Å². The molecule has 9 heteroatoms. The molecule has 0 aromatic heterocycles. The maximum Gasteiger partial charge on any atom is 0.338 e. The predicted octanol–water partition coefficient (Wildman–Crippen LogP) is 4.49. The lowest BCUT2D eigenvalue weighted by Gasteiger charge is -2.24. The summed E-state index contributed by atoms with van der Waals surface area (Å²) in [5, 5.41) is 2.69. The van der Waals surface area contributed by atoms with Crippen LogP contribution in [0.5, 0.6) is 5.75 Å². The Balaban J connectivity index is 1.76. The summed E-state index contributed by atoms with van der Waals surface area (Å²) in [6, 6.07) is 20.6. The maximum atomic E-state index is 13.4. The minimum Gasteiger partial charge on any atom is -0.497 e. The normalized spacial score (nSPS) is 10.9. The first-order chi connectivity index (χ1) is 16.8. The SMILES string of the molecule is CCCCOC(=O)c1ccc(NC(=O)CN(c2ccccc2)S(=O)(=O)c2ccc(OC)cc2)cc1. The minimum atomic E-state index is -4.04. The Hall–Kier alpha value is -3.85. The van der Waals surface area contributed by atoms with Crippen molar-refractivity contribution in [2.75, 3.05) is 29.9 Å². The van der Waals surface area contributed by atoms with E-state index in [1.165, 1.54) is 19.2 Å². The molecular formula is C26H28N2O6S. The Morgan fingerprint density at radius 2 is 1.57 bits per heavy atom. The topological polar surface area (TPSA) is 102 Å². The summed E-state index contributed by atoms with van der Waals surface area (Å²) in [6.07, 6.45) is 1.71. The van der Waals surface area contributed by atoms with Crippen molar-refractivity contribution in [2.45, 2.75) is 24.7 Å². The van der Waals surface area contributed by atoms with Gasteiger partial charge in [0.25, 0.3) is 10.0 Å². The molecule has 184 valence electrons. The van der Waals surface area contributed by atoms with Gasteiger partial charge in [-0.2, -0.15) is 0 Å². The highest BCUT2D eigenvalue weighted by molar-refractivity contribution is 7.92. The minimum absolute atomic E-state index is 0.0286. The van der Waals surface area contributed by atoms with Crippen LogP contribution in [0.4, 0.5) is 11.4 Å². The molecule has 0 unspecified atom stereocenters. The van der Waals surface area contributed by atoms with Gasteiger partial charge < -0.3 is 14.8 Å². The van der Waals surface area contributed by atoms with Crippen LogP contribution in [0.15, 0.2) is 83.8 Å². The first kappa shape index (κ1) is 25.8. The lowest BCUT2D eigenvalue weighted by molar-refractivity contribution is -0.114. The molecule has 0 spiro atoms. The number of amides is 1. The first-order valence-electron chi connectivity index (χ1n) is 11.1. The number of nitrogens with one attached hydrogen (secondary N) is 1. The Bertz CT molecular complexity index is 1230. The number of hydrogen-bond acceptors (Lipinski definition) is 6. The summed E-state index contributed by atoms with van der Waals surface area (Å²) in [5.41, 5.74) is 1.14. The molecule has 0 fully saturated rings. The monoisotopic (exact) mass is 496 g/mol. The van der Waals surface area contributed by atoms with Crippen molar-refractivity contribution in [3.8, 4) is 5.75 Å². The van der Waals surface area contributed by atoms with Crippen LogP contribution in [-0.2, 0) is 19.6 Å². The van der Waals surface area contributed by atoms with Gasteiger partial charge in [0.1, 0.15) is 12.3 Å². The van der Waals surface area contributed by atoms with Gasteiger partial charge in [-0.3, -0.25) is 9.10 Å². The van der Waals surface area contributed by atoms with Gasteiger partial charge in [0.05, 0.1) is 29.9 Å². The molecule has 0 heterocycles. The highest BCUT2D eigenvalue weighted by Crippen LogP contribution is 2.25. The number of esters is 1. The third kappa shape index (κ3) is 6.83. The molecular weight excluding hydrogens is 468 g/mol. The van der Waals surface area contributed by atoms with Crippen molar-refractivity contribution >= 4 is 33.3 Å². The molecule has 0 aliphatic rings. The van der Waals surface area contributed by atoms with E-state index in [4.69, 9.17) is 9.47 Å². The quantitative estimate of drug-likeness (QED) is 0.310. The Labute approximate surface area is 205 Å². The fourth-order valence-electron chi connectivity index (χ4n) is 3.20. The van der Waals surface area contributed by atoms with Crippen molar-refractivity contribution < 1.29 is 27.5 Å². The number of anilines is 2. The summed E-state index contributed by atoms with van der Waals surface area (Å²) >= 11 is 0. The highest BCUT2D eigenvalue weighted by atomic mass is 32.2. The third-order valence-corrected chi connectivity index (χ3v) is 6.90. The highest BCUT2D eigenvalue weighted by Gasteiger charge is 2.27. The smallest absolute Gasteiger partial charge is 0.338 e. The third-order valence-electron chi connectivity index (χ3n) is 5.11. The van der Waals surface area contributed by atoms with Crippen LogP contribution < -0.4 is 14.4 Å². The molecule has 3 aromatic rings. The van der Waals surface area contributed by atoms with Crippen molar-refractivity contribution in [2.24, 2.45) is 0 Å². The number of carbonyl (C=O) groups is 2. The van der Waals surface area contributed by atoms with Gasteiger partial charge in [0.2, 0.25) is 5.91 Å². The average Bonchev–Trinajstić information content (AvgIpc) is 2.88. The zero-order valence-electron chi connectivity index (χ0n) is 19.6. The summed E-state index contributed by atoms with van der Waals surface area (Å²) in [4.78, 5) is 24.9. The van der Waals surface area contributed by atoms with Crippen LogP contribution in [0.3, 0.4) is 0 Å². The number of methoxy groups -OCH3 is 1. The molecule has 0 saturated heterocycles. The number of ether oxygens (including phenoxy) is 2. The number of carbonyl (C=O) groups excluding carboxylic acids is 2. The van der Waals surface area contributed by atoms with Gasteiger partial charge in [-0.25, -0.2) is 13.2 Å². The second-order valence-electron chi connectivity index (χ2n) is 7.64. The molecule has 0 bridgehead atoms. The van der Waals surface area contributed by atoms with Crippen LogP contribution in [0.25, 0.3) is 0 Å². The Kier molecular flexibility index (Phi) is 8.86. The molecule has 1 N–H and O–H groups in total. The number of nitrogens with zero attached hydrogens (tertiary/aromatic N) is 1. The molecule has 0 aliphatic heterocycles. The van der Waals surface area contributed by atoms with E-state index < -0.39 is 28.4 Å². The number of benzene rings is 3. The molecule has 0 saturated carbocycles. The summed E-state index contributed by atoms with van der Waals surface area (Å²) in [7, 11) is -2.55. The van der Waals surface area contributed by atoms with Gasteiger partial charge in [-0.05, 0) is 67.1 Å². The Morgan fingerprint density at radius 3 is 2.17 bits per heavy atom. The van der Waals surface area contributed by atoms with E-state index in [9.17, 15) is 18.0 Å². The molecule has 3 aromatic carbocycles. The Morgan fingerprint density at radius 1 is 0.914 bits per heavy atom. The fourth-order valence-corrected chi connectivity index (χ4v) is 4.62. The van der Waals surface area contributed by atoms with E-state index >= 15 is 0 Å².